The van der Waals surface area contributed by atoms with Crippen molar-refractivity contribution in [2.75, 3.05) is 19.6 Å². The van der Waals surface area contributed by atoms with Gasteiger partial charge in [0.25, 0.3) is 0 Å². The van der Waals surface area contributed by atoms with Crippen LogP contribution in [0, 0.1) is 0 Å². The van der Waals surface area contributed by atoms with E-state index in [2.05, 4.69) is 10.2 Å². The Morgan fingerprint density at radius 2 is 2.08 bits per heavy atom. The van der Waals surface area contributed by atoms with Crippen LogP contribution >= 0.6 is 0 Å². The van der Waals surface area contributed by atoms with Crippen LogP contribution in [-0.4, -0.2) is 37.0 Å². The molecule has 0 aliphatic carbocycles. The molecule has 0 radical (unpaired) electrons. The van der Waals surface area contributed by atoms with Crippen molar-refractivity contribution in [1.82, 2.24) is 10.2 Å². The average molecular weight is 172 g/mol. The van der Waals surface area contributed by atoms with E-state index in [4.69, 9.17) is 0 Å². The molecule has 1 unspecified atom stereocenters. The number of likely N-dealkylation sites (tertiary alicyclic amines) is 1. The number of hydrogen-bond acceptors (Lipinski definition) is 2. The molecule has 1 atom stereocenters. The van der Waals surface area contributed by atoms with Gasteiger partial charge in [0.05, 0.1) is 0 Å². The van der Waals surface area contributed by atoms with Crippen molar-refractivity contribution in [3.05, 3.63) is 0 Å². The Labute approximate surface area is 75.1 Å². The molecule has 0 aromatic rings. The molecule has 1 aliphatic rings. The Balaban J connectivity index is 0.00000121. The van der Waals surface area contributed by atoms with Crippen molar-refractivity contribution in [2.45, 2.75) is 33.2 Å². The highest BCUT2D eigenvalue weighted by molar-refractivity contribution is 5.46. The maximum Gasteiger partial charge on any atom is 0.207 e. The summed E-state index contributed by atoms with van der Waals surface area (Å²) in [6.45, 7) is 5.43. The summed E-state index contributed by atoms with van der Waals surface area (Å²) in [5, 5.41) is 2.75. The molecule has 0 spiro atoms. The monoisotopic (exact) mass is 172 g/mol. The average Bonchev–Trinajstić information content (AvgIpc) is 2.40. The highest BCUT2D eigenvalue weighted by Crippen LogP contribution is 2.06. The molecule has 1 saturated heterocycles. The smallest absolute Gasteiger partial charge is 0.207 e. The zero-order chi connectivity index (χ0) is 8.10. The third-order valence-corrected chi connectivity index (χ3v) is 2.08. The van der Waals surface area contributed by atoms with Crippen LogP contribution in [0.5, 0.6) is 0 Å². The van der Waals surface area contributed by atoms with E-state index in [1.54, 1.807) is 0 Å². The van der Waals surface area contributed by atoms with Gasteiger partial charge in [-0.05, 0) is 32.9 Å². The fourth-order valence-electron chi connectivity index (χ4n) is 1.52. The number of amides is 1. The van der Waals surface area contributed by atoms with Crippen LogP contribution in [0.15, 0.2) is 0 Å². The molecule has 0 bridgehead atoms. The summed E-state index contributed by atoms with van der Waals surface area (Å²) in [4.78, 5) is 12.4. The Hall–Kier alpha value is -0.570. The highest BCUT2D eigenvalue weighted by atomic mass is 16.1. The van der Waals surface area contributed by atoms with Gasteiger partial charge in [-0.25, -0.2) is 0 Å². The lowest BCUT2D eigenvalue weighted by atomic mass is 10.3. The standard InChI is InChI=1S/C8H16N2O.CH4/c1-8(9-7-11)6-10-4-2-3-5-10;/h7-8H,2-6H2,1H3,(H,9,11);1H4. The van der Waals surface area contributed by atoms with Gasteiger partial charge >= 0.3 is 0 Å². The van der Waals surface area contributed by atoms with Crippen molar-refractivity contribution >= 4 is 6.41 Å². The van der Waals surface area contributed by atoms with Gasteiger partial charge in [-0.15, -0.1) is 0 Å². The van der Waals surface area contributed by atoms with Gasteiger partial charge in [0, 0.05) is 12.6 Å². The minimum absolute atomic E-state index is 0. The van der Waals surface area contributed by atoms with Crippen LogP contribution in [0.4, 0.5) is 0 Å². The number of rotatable bonds is 4. The lowest BCUT2D eigenvalue weighted by molar-refractivity contribution is -0.110. The fraction of sp³-hybridized carbons (Fsp3) is 0.889. The van der Waals surface area contributed by atoms with E-state index in [1.165, 1.54) is 25.9 Å². The summed E-state index contributed by atoms with van der Waals surface area (Å²) in [6, 6.07) is 0.297. The van der Waals surface area contributed by atoms with Crippen molar-refractivity contribution in [3.8, 4) is 0 Å². The van der Waals surface area contributed by atoms with Crippen molar-refractivity contribution < 1.29 is 4.79 Å². The number of carbonyl (C=O) groups excluding carboxylic acids is 1. The maximum atomic E-state index is 10.1. The van der Waals surface area contributed by atoms with E-state index >= 15 is 0 Å². The zero-order valence-electron chi connectivity index (χ0n) is 7.05. The quantitative estimate of drug-likeness (QED) is 0.638. The number of hydrogen-bond donors (Lipinski definition) is 1. The van der Waals surface area contributed by atoms with E-state index in [-0.39, 0.29) is 7.43 Å². The molecule has 1 N–H and O–H groups in total. The summed E-state index contributed by atoms with van der Waals surface area (Å²) in [6.07, 6.45) is 3.41. The Kier molecular flexibility index (Phi) is 5.72. The van der Waals surface area contributed by atoms with E-state index in [9.17, 15) is 4.79 Å². The molecule has 1 aliphatic heterocycles. The first kappa shape index (κ1) is 11.4. The summed E-state index contributed by atoms with van der Waals surface area (Å²) in [7, 11) is 0. The Morgan fingerprint density at radius 3 is 2.58 bits per heavy atom. The fourth-order valence-corrected chi connectivity index (χ4v) is 1.52. The molecule has 3 nitrogen and oxygen atoms in total. The first-order valence-corrected chi connectivity index (χ1v) is 4.25. The molecule has 0 aromatic heterocycles. The number of carbonyl (C=O) groups is 1. The highest BCUT2D eigenvalue weighted by Gasteiger charge is 2.13. The molecule has 1 rings (SSSR count). The van der Waals surface area contributed by atoms with Crippen LogP contribution in [0.3, 0.4) is 0 Å². The second-order valence-electron chi connectivity index (χ2n) is 3.19. The number of nitrogens with one attached hydrogen (secondary N) is 1. The normalized spacial score (nSPS) is 19.8. The molecule has 72 valence electrons. The van der Waals surface area contributed by atoms with Crippen LogP contribution in [0.1, 0.15) is 27.2 Å². The van der Waals surface area contributed by atoms with Crippen LogP contribution < -0.4 is 5.32 Å². The van der Waals surface area contributed by atoms with Gasteiger partial charge in [-0.2, -0.15) is 0 Å². The SMILES string of the molecule is C.CC(CN1CCCC1)NC=O. The third-order valence-electron chi connectivity index (χ3n) is 2.08. The topological polar surface area (TPSA) is 32.3 Å². The van der Waals surface area contributed by atoms with Crippen LogP contribution in [0.25, 0.3) is 0 Å². The van der Waals surface area contributed by atoms with Gasteiger partial charge < -0.3 is 10.2 Å². The predicted octanol–water partition coefficient (Wildman–Crippen LogP) is 0.853. The molecular weight excluding hydrogens is 152 g/mol. The molecular formula is C9H20N2O. The minimum atomic E-state index is 0. The molecule has 12 heavy (non-hydrogen) atoms. The van der Waals surface area contributed by atoms with Gasteiger partial charge in [0.1, 0.15) is 0 Å². The third kappa shape index (κ3) is 3.72. The van der Waals surface area contributed by atoms with E-state index in [0.717, 1.165) is 13.0 Å². The molecule has 1 amide bonds. The van der Waals surface area contributed by atoms with Gasteiger partial charge in [-0.3, -0.25) is 4.79 Å². The maximum absolute atomic E-state index is 10.1. The van der Waals surface area contributed by atoms with Gasteiger partial charge in [0.15, 0.2) is 0 Å². The second-order valence-corrected chi connectivity index (χ2v) is 3.19. The minimum Gasteiger partial charge on any atom is -0.355 e. The van der Waals surface area contributed by atoms with Gasteiger partial charge in [0.2, 0.25) is 6.41 Å². The van der Waals surface area contributed by atoms with E-state index in [1.807, 2.05) is 6.92 Å². The summed E-state index contributed by atoms with van der Waals surface area (Å²) in [5.41, 5.74) is 0. The van der Waals surface area contributed by atoms with E-state index in [0.29, 0.717) is 6.04 Å². The molecule has 1 heterocycles. The molecule has 3 heteroatoms. The zero-order valence-corrected chi connectivity index (χ0v) is 7.05. The molecule has 0 aromatic carbocycles. The van der Waals surface area contributed by atoms with Gasteiger partial charge in [-0.1, -0.05) is 7.43 Å². The van der Waals surface area contributed by atoms with Crippen molar-refractivity contribution in [2.24, 2.45) is 0 Å². The summed E-state index contributed by atoms with van der Waals surface area (Å²) < 4.78 is 0. The summed E-state index contributed by atoms with van der Waals surface area (Å²) >= 11 is 0. The van der Waals surface area contributed by atoms with Crippen molar-refractivity contribution in [3.63, 3.8) is 0 Å². The van der Waals surface area contributed by atoms with Crippen LogP contribution in [0.2, 0.25) is 0 Å². The number of nitrogens with zero attached hydrogens (tertiary/aromatic N) is 1. The Morgan fingerprint density at radius 1 is 1.50 bits per heavy atom. The van der Waals surface area contributed by atoms with Crippen molar-refractivity contribution in [1.29, 1.82) is 0 Å². The predicted molar refractivity (Wildman–Crippen MR) is 51.1 cm³/mol. The lowest BCUT2D eigenvalue weighted by Gasteiger charge is -2.19. The molecule has 0 saturated carbocycles. The lowest BCUT2D eigenvalue weighted by Crippen LogP contribution is -2.37. The Bertz CT molecular complexity index is 122. The van der Waals surface area contributed by atoms with Crippen LogP contribution in [-0.2, 0) is 4.79 Å². The summed E-state index contributed by atoms with van der Waals surface area (Å²) in [5.74, 6) is 0. The molecule has 1 fully saturated rings. The van der Waals surface area contributed by atoms with E-state index < -0.39 is 0 Å². The first-order chi connectivity index (χ1) is 5.33. The second kappa shape index (κ2) is 6.00. The first-order valence-electron chi connectivity index (χ1n) is 4.25. The largest absolute Gasteiger partial charge is 0.355 e.